The molecule has 2 heterocycles. The molecule has 6 nitrogen and oxygen atoms in total. The third kappa shape index (κ3) is 3.65. The molecule has 1 aliphatic carbocycles. The van der Waals surface area contributed by atoms with Gasteiger partial charge in [0.2, 0.25) is 5.91 Å². The molecule has 5 rings (SSSR count). The molecule has 1 aromatic heterocycles. The van der Waals surface area contributed by atoms with Crippen molar-refractivity contribution < 1.29 is 9.59 Å². The number of nitrogens with zero attached hydrogens (tertiary/aromatic N) is 1. The zero-order chi connectivity index (χ0) is 20.5. The van der Waals surface area contributed by atoms with Crippen LogP contribution in [0.2, 0.25) is 0 Å². The minimum atomic E-state index is -0.237. The van der Waals surface area contributed by atoms with E-state index in [1.165, 1.54) is 35.0 Å². The van der Waals surface area contributed by atoms with Crippen molar-refractivity contribution in [2.45, 2.75) is 44.7 Å². The first-order chi connectivity index (χ1) is 14.7. The molecule has 154 valence electrons. The molecule has 3 aromatic rings. The van der Waals surface area contributed by atoms with E-state index in [1.54, 1.807) is 4.90 Å². The lowest BCUT2D eigenvalue weighted by molar-refractivity contribution is -0.117. The van der Waals surface area contributed by atoms with Gasteiger partial charge in [0.15, 0.2) is 0 Å². The molecule has 6 heteroatoms. The third-order valence-electron chi connectivity index (χ3n) is 6.14. The van der Waals surface area contributed by atoms with Crippen LogP contribution in [-0.4, -0.2) is 29.5 Å². The number of fused-ring (bicyclic) bond motifs is 3. The van der Waals surface area contributed by atoms with E-state index in [9.17, 15) is 9.59 Å². The number of H-pyrrole nitrogens is 1. The summed E-state index contributed by atoms with van der Waals surface area (Å²) in [4.78, 5) is 30.0. The first-order valence-corrected chi connectivity index (χ1v) is 10.7. The fourth-order valence-corrected chi connectivity index (χ4v) is 4.64. The number of aromatic amines is 1. The summed E-state index contributed by atoms with van der Waals surface area (Å²) in [5, 5.41) is 7.17. The molecule has 30 heavy (non-hydrogen) atoms. The highest BCUT2D eigenvalue weighted by Gasteiger charge is 2.31. The lowest BCUT2D eigenvalue weighted by Crippen LogP contribution is -2.43. The summed E-state index contributed by atoms with van der Waals surface area (Å²) in [5.41, 5.74) is 5.94. The van der Waals surface area contributed by atoms with Crippen molar-refractivity contribution >= 4 is 28.5 Å². The normalized spacial score (nSPS) is 18.5. The van der Waals surface area contributed by atoms with Crippen LogP contribution in [0.3, 0.4) is 0 Å². The molecule has 0 spiro atoms. The Morgan fingerprint density at radius 1 is 1.10 bits per heavy atom. The molecule has 3 N–H and O–H groups in total. The highest BCUT2D eigenvalue weighted by atomic mass is 16.2. The van der Waals surface area contributed by atoms with Crippen molar-refractivity contribution in [3.8, 4) is 0 Å². The Labute approximate surface area is 175 Å². The SMILES string of the molecule is O=C(NCc1ccc2[nH]c3c(c2c1)CCCC3)N[C@@H]1CC(=O)N(c2ccccc2)C1. The number of carbonyl (C=O) groups excluding carboxylic acids is 2. The minimum absolute atomic E-state index is 0.0363. The first-order valence-electron chi connectivity index (χ1n) is 10.7. The van der Waals surface area contributed by atoms with Gasteiger partial charge in [-0.05, 0) is 61.1 Å². The largest absolute Gasteiger partial charge is 0.358 e. The molecule has 1 aliphatic heterocycles. The van der Waals surface area contributed by atoms with Gasteiger partial charge in [0, 0.05) is 41.8 Å². The van der Waals surface area contributed by atoms with Gasteiger partial charge >= 0.3 is 6.03 Å². The second-order valence-corrected chi connectivity index (χ2v) is 8.24. The summed E-state index contributed by atoms with van der Waals surface area (Å²) in [6.07, 6.45) is 5.06. The van der Waals surface area contributed by atoms with Crippen molar-refractivity contribution in [2.24, 2.45) is 0 Å². The summed E-state index contributed by atoms with van der Waals surface area (Å²) in [6.45, 7) is 0.961. The standard InChI is InChI=1S/C24H26N4O2/c29-23-13-17(15-28(23)18-6-2-1-3-7-18)26-24(30)25-14-16-10-11-22-20(12-16)19-8-4-5-9-21(19)27-22/h1-3,6-7,10-12,17,27H,4-5,8-9,13-15H2,(H2,25,26,30)/t17-/m1/s1. The number of anilines is 1. The molecule has 0 unspecified atom stereocenters. The maximum absolute atomic E-state index is 12.4. The number of amides is 3. The maximum Gasteiger partial charge on any atom is 0.315 e. The van der Waals surface area contributed by atoms with Crippen LogP contribution in [0.1, 0.15) is 36.1 Å². The summed E-state index contributed by atoms with van der Waals surface area (Å²) in [6, 6.07) is 15.5. The Morgan fingerprint density at radius 2 is 1.93 bits per heavy atom. The number of aromatic nitrogens is 1. The molecule has 0 saturated carbocycles. The van der Waals surface area contributed by atoms with E-state index in [-0.39, 0.29) is 18.0 Å². The molecule has 0 radical (unpaired) electrons. The van der Waals surface area contributed by atoms with Crippen molar-refractivity contribution in [1.29, 1.82) is 0 Å². The van der Waals surface area contributed by atoms with E-state index in [1.807, 2.05) is 30.3 Å². The van der Waals surface area contributed by atoms with Gasteiger partial charge < -0.3 is 20.5 Å². The maximum atomic E-state index is 12.4. The Kier molecular flexibility index (Phi) is 4.91. The van der Waals surface area contributed by atoms with E-state index in [0.29, 0.717) is 19.5 Å². The monoisotopic (exact) mass is 402 g/mol. The Morgan fingerprint density at radius 3 is 2.80 bits per heavy atom. The highest BCUT2D eigenvalue weighted by Crippen LogP contribution is 2.29. The van der Waals surface area contributed by atoms with E-state index >= 15 is 0 Å². The lowest BCUT2D eigenvalue weighted by atomic mass is 9.95. The van der Waals surface area contributed by atoms with Gasteiger partial charge in [-0.3, -0.25) is 4.79 Å². The van der Waals surface area contributed by atoms with Gasteiger partial charge in [-0.1, -0.05) is 24.3 Å². The van der Waals surface area contributed by atoms with Gasteiger partial charge in [-0.2, -0.15) is 0 Å². The van der Waals surface area contributed by atoms with Gasteiger partial charge in [0.05, 0.1) is 6.04 Å². The predicted molar refractivity (Wildman–Crippen MR) is 118 cm³/mol. The van der Waals surface area contributed by atoms with Gasteiger partial charge in [-0.25, -0.2) is 4.79 Å². The number of aryl methyl sites for hydroxylation is 2. The second-order valence-electron chi connectivity index (χ2n) is 8.24. The Hall–Kier alpha value is -3.28. The zero-order valence-electron chi connectivity index (χ0n) is 16.9. The number of urea groups is 1. The van der Waals surface area contributed by atoms with Crippen molar-refractivity contribution in [3.05, 3.63) is 65.4 Å². The number of hydrogen-bond donors (Lipinski definition) is 3. The van der Waals surface area contributed by atoms with Crippen molar-refractivity contribution in [3.63, 3.8) is 0 Å². The number of hydrogen-bond acceptors (Lipinski definition) is 2. The lowest BCUT2D eigenvalue weighted by Gasteiger charge is -2.17. The fraction of sp³-hybridized carbons (Fsp3) is 0.333. The molecular weight excluding hydrogens is 376 g/mol. The zero-order valence-corrected chi connectivity index (χ0v) is 16.9. The molecular formula is C24H26N4O2. The van der Waals surface area contributed by atoms with Crippen molar-refractivity contribution in [2.75, 3.05) is 11.4 Å². The van der Waals surface area contributed by atoms with Crippen LogP contribution in [0.25, 0.3) is 10.9 Å². The van der Waals surface area contributed by atoms with Crippen LogP contribution < -0.4 is 15.5 Å². The van der Waals surface area contributed by atoms with E-state index < -0.39 is 0 Å². The second kappa shape index (κ2) is 7.86. The van der Waals surface area contributed by atoms with Gasteiger partial charge in [-0.15, -0.1) is 0 Å². The molecule has 0 bridgehead atoms. The minimum Gasteiger partial charge on any atom is -0.358 e. The van der Waals surface area contributed by atoms with Crippen LogP contribution in [0.5, 0.6) is 0 Å². The number of rotatable bonds is 4. The molecule has 3 amide bonds. The molecule has 2 aliphatic rings. The number of carbonyl (C=O) groups is 2. The molecule has 1 saturated heterocycles. The van der Waals surface area contributed by atoms with Crippen LogP contribution in [-0.2, 0) is 24.2 Å². The quantitative estimate of drug-likeness (QED) is 0.623. The average Bonchev–Trinajstić information content (AvgIpc) is 3.32. The van der Waals surface area contributed by atoms with Crippen LogP contribution in [0.4, 0.5) is 10.5 Å². The van der Waals surface area contributed by atoms with Gasteiger partial charge in [0.1, 0.15) is 0 Å². The van der Waals surface area contributed by atoms with E-state index in [4.69, 9.17) is 0 Å². The molecule has 1 atom stereocenters. The van der Waals surface area contributed by atoms with Crippen molar-refractivity contribution in [1.82, 2.24) is 15.6 Å². The Bertz CT molecular complexity index is 1090. The predicted octanol–water partition coefficient (Wildman–Crippen LogP) is 3.65. The third-order valence-corrected chi connectivity index (χ3v) is 6.14. The number of para-hydroxylation sites is 1. The topological polar surface area (TPSA) is 77.2 Å². The first kappa shape index (κ1) is 18.7. The highest BCUT2D eigenvalue weighted by molar-refractivity contribution is 5.96. The van der Waals surface area contributed by atoms with Gasteiger partial charge in [0.25, 0.3) is 0 Å². The van der Waals surface area contributed by atoms with Crippen LogP contribution in [0.15, 0.2) is 48.5 Å². The summed E-state index contributed by atoms with van der Waals surface area (Å²) in [5.74, 6) is 0.0363. The smallest absolute Gasteiger partial charge is 0.315 e. The Balaban J connectivity index is 1.19. The summed E-state index contributed by atoms with van der Waals surface area (Å²) in [7, 11) is 0. The van der Waals surface area contributed by atoms with E-state index in [0.717, 1.165) is 24.1 Å². The van der Waals surface area contributed by atoms with Crippen LogP contribution in [0, 0.1) is 0 Å². The number of nitrogens with one attached hydrogen (secondary N) is 3. The molecule has 2 aromatic carbocycles. The van der Waals surface area contributed by atoms with Crippen LogP contribution >= 0.6 is 0 Å². The molecule has 1 fully saturated rings. The summed E-state index contributed by atoms with van der Waals surface area (Å²) >= 11 is 0. The summed E-state index contributed by atoms with van der Waals surface area (Å²) < 4.78 is 0. The number of benzene rings is 2. The average molecular weight is 402 g/mol. The fourth-order valence-electron chi connectivity index (χ4n) is 4.64. The van der Waals surface area contributed by atoms with E-state index in [2.05, 4.69) is 33.8 Å².